The third kappa shape index (κ3) is 3.89. The van der Waals surface area contributed by atoms with E-state index >= 15 is 0 Å². The van der Waals surface area contributed by atoms with Crippen molar-refractivity contribution < 1.29 is 14.6 Å². The molecule has 3 heteroatoms. The third-order valence-corrected chi connectivity index (χ3v) is 4.16. The summed E-state index contributed by atoms with van der Waals surface area (Å²) in [6.07, 6.45) is 6.37. The van der Waals surface area contributed by atoms with Gasteiger partial charge >= 0.3 is 0 Å². The molecule has 0 aliphatic heterocycles. The lowest BCUT2D eigenvalue weighted by Gasteiger charge is -2.29. The van der Waals surface area contributed by atoms with Gasteiger partial charge in [-0.25, -0.2) is 0 Å². The van der Waals surface area contributed by atoms with Gasteiger partial charge in [0.15, 0.2) is 11.5 Å². The predicted molar refractivity (Wildman–Crippen MR) is 80.2 cm³/mol. The Bertz CT molecular complexity index is 409. The van der Waals surface area contributed by atoms with Crippen molar-refractivity contribution in [3.8, 4) is 11.5 Å². The number of aliphatic hydroxyl groups is 1. The molecule has 0 aromatic heterocycles. The lowest BCUT2D eigenvalue weighted by molar-refractivity contribution is 0.124. The van der Waals surface area contributed by atoms with Crippen LogP contribution in [0.5, 0.6) is 11.5 Å². The van der Waals surface area contributed by atoms with Crippen LogP contribution in [0, 0.1) is 5.92 Å². The van der Waals surface area contributed by atoms with Gasteiger partial charge in [-0.3, -0.25) is 0 Å². The first-order valence-corrected chi connectivity index (χ1v) is 7.80. The molecule has 1 aliphatic rings. The monoisotopic (exact) mass is 278 g/mol. The zero-order valence-electron chi connectivity index (χ0n) is 12.6. The molecule has 1 aromatic carbocycles. The highest BCUT2D eigenvalue weighted by molar-refractivity contribution is 5.43. The first-order valence-electron chi connectivity index (χ1n) is 7.80. The van der Waals surface area contributed by atoms with Crippen LogP contribution in [-0.2, 0) is 6.61 Å². The minimum Gasteiger partial charge on any atom is -0.490 e. The minimum atomic E-state index is 0.0297. The molecule has 0 heterocycles. The molecule has 0 radical (unpaired) electrons. The molecule has 0 unspecified atom stereocenters. The summed E-state index contributed by atoms with van der Waals surface area (Å²) in [5, 5.41) is 9.20. The van der Waals surface area contributed by atoms with Crippen LogP contribution in [-0.4, -0.2) is 17.8 Å². The maximum Gasteiger partial charge on any atom is 0.161 e. The Labute approximate surface area is 121 Å². The van der Waals surface area contributed by atoms with E-state index in [1.807, 2.05) is 25.1 Å². The fourth-order valence-corrected chi connectivity index (χ4v) is 2.85. The van der Waals surface area contributed by atoms with E-state index in [4.69, 9.17) is 9.47 Å². The zero-order valence-corrected chi connectivity index (χ0v) is 12.6. The Hall–Kier alpha value is -1.22. The van der Waals surface area contributed by atoms with Crippen molar-refractivity contribution in [3.63, 3.8) is 0 Å². The summed E-state index contributed by atoms with van der Waals surface area (Å²) in [7, 11) is 0. The number of hydrogen-bond donors (Lipinski definition) is 1. The fraction of sp³-hybridized carbons (Fsp3) is 0.647. The van der Waals surface area contributed by atoms with Crippen molar-refractivity contribution in [1.82, 2.24) is 0 Å². The van der Waals surface area contributed by atoms with Crippen LogP contribution in [0.1, 0.15) is 51.5 Å². The summed E-state index contributed by atoms with van der Waals surface area (Å²) in [6.45, 7) is 4.87. The first-order chi connectivity index (χ1) is 9.76. The molecule has 112 valence electrons. The van der Waals surface area contributed by atoms with E-state index in [1.165, 1.54) is 19.3 Å². The number of ether oxygens (including phenoxy) is 2. The van der Waals surface area contributed by atoms with Gasteiger partial charge in [-0.1, -0.05) is 19.4 Å². The van der Waals surface area contributed by atoms with Gasteiger partial charge in [0.2, 0.25) is 0 Å². The Morgan fingerprint density at radius 3 is 2.45 bits per heavy atom. The van der Waals surface area contributed by atoms with E-state index in [2.05, 4.69) is 6.92 Å². The Kier molecular flexibility index (Phi) is 5.72. The molecule has 1 aromatic rings. The van der Waals surface area contributed by atoms with E-state index in [0.29, 0.717) is 12.7 Å². The summed E-state index contributed by atoms with van der Waals surface area (Å²) in [5.74, 6) is 2.43. The molecule has 1 saturated carbocycles. The highest BCUT2D eigenvalue weighted by atomic mass is 16.5. The number of aliphatic hydroxyl groups excluding tert-OH is 1. The maximum absolute atomic E-state index is 9.20. The number of hydrogen-bond acceptors (Lipinski definition) is 3. The summed E-state index contributed by atoms with van der Waals surface area (Å²) in [5.41, 5.74) is 0.857. The maximum atomic E-state index is 9.20. The van der Waals surface area contributed by atoms with Crippen molar-refractivity contribution in [3.05, 3.63) is 23.8 Å². The highest BCUT2D eigenvalue weighted by Crippen LogP contribution is 2.34. The van der Waals surface area contributed by atoms with Crippen LogP contribution >= 0.6 is 0 Å². The van der Waals surface area contributed by atoms with Gasteiger partial charge < -0.3 is 14.6 Å². The summed E-state index contributed by atoms with van der Waals surface area (Å²) in [4.78, 5) is 0. The van der Waals surface area contributed by atoms with E-state index in [0.717, 1.165) is 35.8 Å². The van der Waals surface area contributed by atoms with E-state index in [1.54, 1.807) is 0 Å². The third-order valence-electron chi connectivity index (χ3n) is 4.16. The van der Waals surface area contributed by atoms with Crippen molar-refractivity contribution in [2.45, 2.75) is 58.7 Å². The van der Waals surface area contributed by atoms with Crippen molar-refractivity contribution in [2.24, 2.45) is 5.92 Å². The SMILES string of the molecule is CCOc1cc(CO)ccc1OC1CCC(CC)CC1. The van der Waals surface area contributed by atoms with Gasteiger partial charge in [0.05, 0.1) is 19.3 Å². The van der Waals surface area contributed by atoms with Gasteiger partial charge in [0, 0.05) is 0 Å². The molecule has 0 saturated heterocycles. The molecular formula is C17H26O3. The molecule has 1 aliphatic carbocycles. The van der Waals surface area contributed by atoms with Gasteiger partial charge in [-0.2, -0.15) is 0 Å². The van der Waals surface area contributed by atoms with Crippen LogP contribution in [0.3, 0.4) is 0 Å². The lowest BCUT2D eigenvalue weighted by Crippen LogP contribution is -2.24. The Balaban J connectivity index is 2.01. The van der Waals surface area contributed by atoms with Crippen LogP contribution in [0.25, 0.3) is 0 Å². The van der Waals surface area contributed by atoms with E-state index < -0.39 is 0 Å². The van der Waals surface area contributed by atoms with Crippen molar-refractivity contribution in [1.29, 1.82) is 0 Å². The molecule has 0 spiro atoms. The topological polar surface area (TPSA) is 38.7 Å². The van der Waals surface area contributed by atoms with Crippen LogP contribution < -0.4 is 9.47 Å². The Morgan fingerprint density at radius 2 is 1.85 bits per heavy atom. The van der Waals surface area contributed by atoms with Gasteiger partial charge in [0.25, 0.3) is 0 Å². The number of rotatable bonds is 6. The predicted octanol–water partition coefficient (Wildman–Crippen LogP) is 3.93. The van der Waals surface area contributed by atoms with Crippen LogP contribution in [0.2, 0.25) is 0 Å². The van der Waals surface area contributed by atoms with Crippen LogP contribution in [0.4, 0.5) is 0 Å². The largest absolute Gasteiger partial charge is 0.490 e. The summed E-state index contributed by atoms with van der Waals surface area (Å²) >= 11 is 0. The van der Waals surface area contributed by atoms with Gasteiger partial charge in [-0.15, -0.1) is 0 Å². The molecule has 20 heavy (non-hydrogen) atoms. The second-order valence-corrected chi connectivity index (χ2v) is 5.54. The smallest absolute Gasteiger partial charge is 0.161 e. The second-order valence-electron chi connectivity index (χ2n) is 5.54. The molecule has 1 fully saturated rings. The second kappa shape index (κ2) is 7.53. The molecule has 0 bridgehead atoms. The molecule has 0 atom stereocenters. The van der Waals surface area contributed by atoms with Gasteiger partial charge in [0.1, 0.15) is 0 Å². The van der Waals surface area contributed by atoms with Crippen molar-refractivity contribution >= 4 is 0 Å². The molecule has 1 N–H and O–H groups in total. The van der Waals surface area contributed by atoms with E-state index in [9.17, 15) is 5.11 Å². The molecule has 2 rings (SSSR count). The molecular weight excluding hydrogens is 252 g/mol. The van der Waals surface area contributed by atoms with E-state index in [-0.39, 0.29) is 6.61 Å². The standard InChI is InChI=1S/C17H26O3/c1-3-13-5-8-15(9-6-13)20-16-10-7-14(12-18)11-17(16)19-4-2/h7,10-11,13,15,18H,3-6,8-9,12H2,1-2H3. The zero-order chi connectivity index (χ0) is 14.4. The molecule has 3 nitrogen and oxygen atoms in total. The first kappa shape index (κ1) is 15.2. The van der Waals surface area contributed by atoms with Crippen molar-refractivity contribution in [2.75, 3.05) is 6.61 Å². The highest BCUT2D eigenvalue weighted by Gasteiger charge is 2.22. The average molecular weight is 278 g/mol. The number of benzene rings is 1. The Morgan fingerprint density at radius 1 is 1.10 bits per heavy atom. The normalized spacial score (nSPS) is 22.6. The lowest BCUT2D eigenvalue weighted by atomic mass is 9.86. The van der Waals surface area contributed by atoms with Gasteiger partial charge in [-0.05, 0) is 56.2 Å². The molecule has 0 amide bonds. The minimum absolute atomic E-state index is 0.0297. The van der Waals surface area contributed by atoms with Crippen LogP contribution in [0.15, 0.2) is 18.2 Å². The summed E-state index contributed by atoms with van der Waals surface area (Å²) < 4.78 is 11.8. The average Bonchev–Trinajstić information content (AvgIpc) is 2.50. The fourth-order valence-electron chi connectivity index (χ4n) is 2.85. The summed E-state index contributed by atoms with van der Waals surface area (Å²) in [6, 6.07) is 5.69. The quantitative estimate of drug-likeness (QED) is 0.857.